The standard InChI is InChI=1S/C11H18N2OS/c1-8-13-10(7-15-8)6-12-9-3-4-11(5-9)14-2/h7,9,11-12H,3-6H2,1-2H3. The molecule has 2 unspecified atom stereocenters. The van der Waals surface area contributed by atoms with Crippen LogP contribution in [0.2, 0.25) is 0 Å². The highest BCUT2D eigenvalue weighted by atomic mass is 32.1. The molecule has 2 atom stereocenters. The largest absolute Gasteiger partial charge is 0.381 e. The lowest BCUT2D eigenvalue weighted by atomic mass is 10.2. The molecule has 3 nitrogen and oxygen atoms in total. The highest BCUT2D eigenvalue weighted by Crippen LogP contribution is 2.21. The van der Waals surface area contributed by atoms with Crippen molar-refractivity contribution in [1.29, 1.82) is 0 Å². The van der Waals surface area contributed by atoms with Crippen molar-refractivity contribution in [2.75, 3.05) is 7.11 Å². The van der Waals surface area contributed by atoms with Crippen molar-refractivity contribution in [3.8, 4) is 0 Å². The molecule has 0 spiro atoms. The Hall–Kier alpha value is -0.450. The second-order valence-electron chi connectivity index (χ2n) is 4.11. The Bertz CT molecular complexity index is 313. The van der Waals surface area contributed by atoms with Crippen LogP contribution in [0.25, 0.3) is 0 Å². The number of nitrogens with one attached hydrogen (secondary N) is 1. The summed E-state index contributed by atoms with van der Waals surface area (Å²) in [5.74, 6) is 0. The van der Waals surface area contributed by atoms with Crippen molar-refractivity contribution >= 4 is 11.3 Å². The number of aromatic nitrogens is 1. The molecule has 1 heterocycles. The lowest BCUT2D eigenvalue weighted by Gasteiger charge is -2.11. The van der Waals surface area contributed by atoms with Gasteiger partial charge in [0.15, 0.2) is 0 Å². The summed E-state index contributed by atoms with van der Waals surface area (Å²) in [7, 11) is 1.80. The molecule has 1 fully saturated rings. The molecule has 1 saturated carbocycles. The Morgan fingerprint density at radius 1 is 1.60 bits per heavy atom. The molecule has 1 N–H and O–H groups in total. The zero-order chi connectivity index (χ0) is 10.7. The summed E-state index contributed by atoms with van der Waals surface area (Å²) in [6.45, 7) is 2.94. The van der Waals surface area contributed by atoms with Crippen molar-refractivity contribution in [3.63, 3.8) is 0 Å². The molecule has 1 aromatic heterocycles. The van der Waals surface area contributed by atoms with Gasteiger partial charge in [-0.1, -0.05) is 0 Å². The van der Waals surface area contributed by atoms with Crippen molar-refractivity contribution < 1.29 is 4.74 Å². The summed E-state index contributed by atoms with van der Waals surface area (Å²) in [5.41, 5.74) is 1.17. The molecule has 1 aliphatic rings. The number of hydrogen-bond acceptors (Lipinski definition) is 4. The van der Waals surface area contributed by atoms with Crippen LogP contribution in [0.1, 0.15) is 30.0 Å². The minimum Gasteiger partial charge on any atom is -0.381 e. The number of hydrogen-bond donors (Lipinski definition) is 1. The summed E-state index contributed by atoms with van der Waals surface area (Å²) < 4.78 is 5.34. The number of ether oxygens (including phenoxy) is 1. The lowest BCUT2D eigenvalue weighted by molar-refractivity contribution is 0.107. The quantitative estimate of drug-likeness (QED) is 0.854. The smallest absolute Gasteiger partial charge is 0.0897 e. The van der Waals surface area contributed by atoms with Gasteiger partial charge in [0.05, 0.1) is 16.8 Å². The van der Waals surface area contributed by atoms with E-state index in [1.165, 1.54) is 18.5 Å². The molecule has 1 aliphatic carbocycles. The van der Waals surface area contributed by atoms with Crippen LogP contribution in [0.4, 0.5) is 0 Å². The van der Waals surface area contributed by atoms with E-state index in [0.29, 0.717) is 12.1 Å². The van der Waals surface area contributed by atoms with Gasteiger partial charge < -0.3 is 10.1 Å². The van der Waals surface area contributed by atoms with Crippen LogP contribution < -0.4 is 5.32 Å². The molecule has 0 aromatic carbocycles. The maximum absolute atomic E-state index is 5.34. The van der Waals surface area contributed by atoms with E-state index in [2.05, 4.69) is 15.7 Å². The predicted molar refractivity (Wildman–Crippen MR) is 62.1 cm³/mol. The average molecular weight is 226 g/mol. The molecule has 15 heavy (non-hydrogen) atoms. The Labute approximate surface area is 94.9 Å². The second kappa shape index (κ2) is 5.05. The molecule has 4 heteroatoms. The molecular weight excluding hydrogens is 208 g/mol. The fourth-order valence-corrected chi connectivity index (χ4v) is 2.69. The van der Waals surface area contributed by atoms with Crippen molar-refractivity contribution in [3.05, 3.63) is 16.1 Å². The van der Waals surface area contributed by atoms with Crippen LogP contribution in [0.3, 0.4) is 0 Å². The molecule has 2 rings (SSSR count). The number of methoxy groups -OCH3 is 1. The maximum Gasteiger partial charge on any atom is 0.0897 e. The zero-order valence-electron chi connectivity index (χ0n) is 9.32. The summed E-state index contributed by atoms with van der Waals surface area (Å²) >= 11 is 1.72. The van der Waals surface area contributed by atoms with E-state index in [-0.39, 0.29) is 0 Å². The summed E-state index contributed by atoms with van der Waals surface area (Å²) in [5, 5.41) is 6.82. The van der Waals surface area contributed by atoms with Crippen molar-refractivity contribution in [1.82, 2.24) is 10.3 Å². The predicted octanol–water partition coefficient (Wildman–Crippen LogP) is 2.11. The highest BCUT2D eigenvalue weighted by molar-refractivity contribution is 7.09. The number of aryl methyl sites for hydroxylation is 1. The van der Waals surface area contributed by atoms with Gasteiger partial charge in [-0.3, -0.25) is 0 Å². The molecule has 0 bridgehead atoms. The van der Waals surface area contributed by atoms with E-state index in [1.807, 2.05) is 6.92 Å². The van der Waals surface area contributed by atoms with Gasteiger partial charge in [-0.15, -0.1) is 11.3 Å². The van der Waals surface area contributed by atoms with E-state index in [4.69, 9.17) is 4.74 Å². The van der Waals surface area contributed by atoms with Crippen LogP contribution in [0.5, 0.6) is 0 Å². The van der Waals surface area contributed by atoms with E-state index in [1.54, 1.807) is 18.4 Å². The van der Waals surface area contributed by atoms with Gasteiger partial charge in [-0.2, -0.15) is 0 Å². The topological polar surface area (TPSA) is 34.1 Å². The summed E-state index contributed by atoms with van der Waals surface area (Å²) in [6.07, 6.45) is 4.01. The Balaban J connectivity index is 1.75. The van der Waals surface area contributed by atoms with Crippen LogP contribution in [0, 0.1) is 6.92 Å². The second-order valence-corrected chi connectivity index (χ2v) is 5.17. The third-order valence-electron chi connectivity index (χ3n) is 2.96. The first-order valence-electron chi connectivity index (χ1n) is 5.45. The first kappa shape index (κ1) is 11.0. The van der Waals surface area contributed by atoms with Crippen LogP contribution >= 0.6 is 11.3 Å². The van der Waals surface area contributed by atoms with Crippen LogP contribution in [0.15, 0.2) is 5.38 Å². The van der Waals surface area contributed by atoms with E-state index in [0.717, 1.165) is 18.0 Å². The maximum atomic E-state index is 5.34. The van der Waals surface area contributed by atoms with Gasteiger partial charge in [0, 0.05) is 25.1 Å². The Morgan fingerprint density at radius 3 is 3.07 bits per heavy atom. The van der Waals surface area contributed by atoms with Crippen molar-refractivity contribution in [2.45, 2.75) is 44.9 Å². The summed E-state index contributed by atoms with van der Waals surface area (Å²) in [4.78, 5) is 4.44. The highest BCUT2D eigenvalue weighted by Gasteiger charge is 2.23. The van der Waals surface area contributed by atoms with E-state index < -0.39 is 0 Å². The SMILES string of the molecule is COC1CCC(NCc2csc(C)n2)C1. The summed E-state index contributed by atoms with van der Waals surface area (Å²) in [6, 6.07) is 0.608. The fraction of sp³-hybridized carbons (Fsp3) is 0.727. The molecule has 0 saturated heterocycles. The Kier molecular flexibility index (Phi) is 3.72. The van der Waals surface area contributed by atoms with Crippen LogP contribution in [-0.4, -0.2) is 24.2 Å². The third-order valence-corrected chi connectivity index (χ3v) is 3.78. The van der Waals surface area contributed by atoms with Crippen molar-refractivity contribution in [2.24, 2.45) is 0 Å². The molecular formula is C11H18N2OS. The zero-order valence-corrected chi connectivity index (χ0v) is 10.1. The lowest BCUT2D eigenvalue weighted by Crippen LogP contribution is -2.26. The number of thiazole rings is 1. The molecule has 0 radical (unpaired) electrons. The average Bonchev–Trinajstić information content (AvgIpc) is 2.83. The fourth-order valence-electron chi connectivity index (χ4n) is 2.08. The van der Waals surface area contributed by atoms with Gasteiger partial charge in [0.1, 0.15) is 0 Å². The van der Waals surface area contributed by atoms with Gasteiger partial charge in [-0.25, -0.2) is 4.98 Å². The van der Waals surface area contributed by atoms with E-state index >= 15 is 0 Å². The van der Waals surface area contributed by atoms with Gasteiger partial charge in [0.25, 0.3) is 0 Å². The first-order valence-corrected chi connectivity index (χ1v) is 6.33. The normalized spacial score (nSPS) is 26.0. The van der Waals surface area contributed by atoms with E-state index in [9.17, 15) is 0 Å². The minimum atomic E-state index is 0.458. The molecule has 84 valence electrons. The Morgan fingerprint density at radius 2 is 2.47 bits per heavy atom. The van der Waals surface area contributed by atoms with Gasteiger partial charge >= 0.3 is 0 Å². The molecule has 0 aliphatic heterocycles. The third kappa shape index (κ3) is 3.00. The monoisotopic (exact) mass is 226 g/mol. The van der Waals surface area contributed by atoms with Crippen LogP contribution in [-0.2, 0) is 11.3 Å². The number of rotatable bonds is 4. The molecule has 0 amide bonds. The molecule has 1 aromatic rings. The first-order chi connectivity index (χ1) is 7.28. The minimum absolute atomic E-state index is 0.458. The number of nitrogens with zero attached hydrogens (tertiary/aromatic N) is 1. The van der Waals surface area contributed by atoms with Gasteiger partial charge in [0.2, 0.25) is 0 Å². The van der Waals surface area contributed by atoms with Gasteiger partial charge in [-0.05, 0) is 26.2 Å².